The number of piperazine rings is 1. The smallest absolute Gasteiger partial charge is 0.254 e. The van der Waals surface area contributed by atoms with Crippen LogP contribution in [0.15, 0.2) is 33.7 Å². The van der Waals surface area contributed by atoms with Crippen LogP contribution in [0.2, 0.25) is 0 Å². The summed E-state index contributed by atoms with van der Waals surface area (Å²) in [6.45, 7) is 5.45. The lowest BCUT2D eigenvalue weighted by atomic mass is 10.2. The first kappa shape index (κ1) is 15.5. The molecule has 1 aliphatic rings. The molecule has 0 aromatic carbocycles. The number of nitrogens with zero attached hydrogens (tertiary/aromatic N) is 4. The Morgan fingerprint density at radius 1 is 1.26 bits per heavy atom. The summed E-state index contributed by atoms with van der Waals surface area (Å²) in [6, 6.07) is 5.01. The molecule has 2 aromatic heterocycles. The molecule has 1 aliphatic heterocycles. The zero-order chi connectivity index (χ0) is 16.4. The van der Waals surface area contributed by atoms with Gasteiger partial charge in [0.25, 0.3) is 11.5 Å². The molecule has 7 nitrogen and oxygen atoms in total. The summed E-state index contributed by atoms with van der Waals surface area (Å²) >= 11 is 0. The fourth-order valence-corrected chi connectivity index (χ4v) is 2.69. The first-order valence-electron chi connectivity index (χ1n) is 7.63. The van der Waals surface area contributed by atoms with E-state index in [9.17, 15) is 9.59 Å². The highest BCUT2D eigenvalue weighted by molar-refractivity contribution is 5.94. The summed E-state index contributed by atoms with van der Waals surface area (Å²) in [4.78, 5) is 28.1. The fourth-order valence-electron chi connectivity index (χ4n) is 2.69. The largest absolute Gasteiger partial charge is 0.361 e. The third-order valence-corrected chi connectivity index (χ3v) is 4.07. The van der Waals surface area contributed by atoms with E-state index in [0.29, 0.717) is 18.7 Å². The molecule has 0 aliphatic carbocycles. The predicted octanol–water partition coefficient (Wildman–Crippen LogP) is 0.640. The van der Waals surface area contributed by atoms with Gasteiger partial charge in [0.2, 0.25) is 0 Å². The van der Waals surface area contributed by atoms with Gasteiger partial charge in [-0.2, -0.15) is 0 Å². The molecule has 3 rings (SSSR count). The van der Waals surface area contributed by atoms with Crippen molar-refractivity contribution in [2.24, 2.45) is 7.05 Å². The van der Waals surface area contributed by atoms with Crippen LogP contribution in [0.25, 0.3) is 0 Å². The SMILES string of the molecule is Cc1cc(CN2CCN(C(=O)c3ccn(C)c(=O)c3)CC2)no1. The second kappa shape index (κ2) is 6.37. The number of hydrogen-bond donors (Lipinski definition) is 0. The first-order chi connectivity index (χ1) is 11.0. The zero-order valence-electron chi connectivity index (χ0n) is 13.4. The van der Waals surface area contributed by atoms with Gasteiger partial charge >= 0.3 is 0 Å². The molecule has 0 atom stereocenters. The van der Waals surface area contributed by atoms with E-state index in [4.69, 9.17) is 4.52 Å². The maximum Gasteiger partial charge on any atom is 0.254 e. The minimum Gasteiger partial charge on any atom is -0.361 e. The van der Waals surface area contributed by atoms with E-state index in [-0.39, 0.29) is 11.5 Å². The highest BCUT2D eigenvalue weighted by atomic mass is 16.5. The van der Waals surface area contributed by atoms with Crippen LogP contribution in [0.4, 0.5) is 0 Å². The molecule has 0 N–H and O–H groups in total. The summed E-state index contributed by atoms with van der Waals surface area (Å²) in [6.07, 6.45) is 1.62. The van der Waals surface area contributed by atoms with Crippen molar-refractivity contribution in [3.8, 4) is 0 Å². The number of rotatable bonds is 3. The lowest BCUT2D eigenvalue weighted by molar-refractivity contribution is 0.0625. The van der Waals surface area contributed by atoms with Crippen LogP contribution in [0, 0.1) is 6.92 Å². The number of carbonyl (C=O) groups is 1. The van der Waals surface area contributed by atoms with Crippen molar-refractivity contribution in [2.75, 3.05) is 26.2 Å². The van der Waals surface area contributed by atoms with E-state index in [0.717, 1.165) is 31.1 Å². The number of hydrogen-bond acceptors (Lipinski definition) is 5. The van der Waals surface area contributed by atoms with E-state index < -0.39 is 0 Å². The standard InChI is InChI=1S/C16H20N4O3/c1-12-9-14(17-23-12)11-19-5-7-20(8-6-19)16(22)13-3-4-18(2)15(21)10-13/h3-4,9-10H,5-8,11H2,1-2H3. The second-order valence-corrected chi connectivity index (χ2v) is 5.86. The number of aromatic nitrogens is 2. The van der Waals surface area contributed by atoms with Crippen LogP contribution in [-0.4, -0.2) is 51.6 Å². The van der Waals surface area contributed by atoms with Crippen LogP contribution in [-0.2, 0) is 13.6 Å². The molecule has 122 valence electrons. The summed E-state index contributed by atoms with van der Waals surface area (Å²) < 4.78 is 6.52. The van der Waals surface area contributed by atoms with Crippen LogP contribution >= 0.6 is 0 Å². The predicted molar refractivity (Wildman–Crippen MR) is 84.1 cm³/mol. The van der Waals surface area contributed by atoms with Crippen molar-refractivity contribution < 1.29 is 9.32 Å². The van der Waals surface area contributed by atoms with Crippen molar-refractivity contribution in [2.45, 2.75) is 13.5 Å². The van der Waals surface area contributed by atoms with Gasteiger partial charge in [-0.05, 0) is 13.0 Å². The van der Waals surface area contributed by atoms with Gasteiger partial charge < -0.3 is 14.0 Å². The second-order valence-electron chi connectivity index (χ2n) is 5.86. The molecule has 1 fully saturated rings. The zero-order valence-corrected chi connectivity index (χ0v) is 13.4. The average Bonchev–Trinajstić information content (AvgIpc) is 2.95. The van der Waals surface area contributed by atoms with Crippen LogP contribution in [0.3, 0.4) is 0 Å². The van der Waals surface area contributed by atoms with E-state index in [1.54, 1.807) is 24.2 Å². The van der Waals surface area contributed by atoms with Crippen molar-refractivity contribution in [3.63, 3.8) is 0 Å². The van der Waals surface area contributed by atoms with Crippen molar-refractivity contribution in [1.29, 1.82) is 0 Å². The van der Waals surface area contributed by atoms with Gasteiger partial charge in [-0.1, -0.05) is 5.16 Å². The van der Waals surface area contributed by atoms with Gasteiger partial charge in [-0.3, -0.25) is 14.5 Å². The molecule has 3 heterocycles. The van der Waals surface area contributed by atoms with Crippen LogP contribution < -0.4 is 5.56 Å². The Morgan fingerprint density at radius 3 is 2.61 bits per heavy atom. The third-order valence-electron chi connectivity index (χ3n) is 4.07. The third kappa shape index (κ3) is 3.50. The van der Waals surface area contributed by atoms with E-state index in [2.05, 4.69) is 10.1 Å². The summed E-state index contributed by atoms with van der Waals surface area (Å²) in [5.41, 5.74) is 1.19. The highest BCUT2D eigenvalue weighted by Gasteiger charge is 2.23. The Bertz CT molecular complexity index is 757. The average molecular weight is 316 g/mol. The minimum absolute atomic E-state index is 0.0837. The van der Waals surface area contributed by atoms with E-state index in [1.807, 2.05) is 13.0 Å². The Kier molecular flexibility index (Phi) is 4.29. The lowest BCUT2D eigenvalue weighted by Gasteiger charge is -2.34. The molecule has 0 radical (unpaired) electrons. The summed E-state index contributed by atoms with van der Waals surface area (Å²) in [5, 5.41) is 4.00. The van der Waals surface area contributed by atoms with Gasteiger partial charge in [-0.25, -0.2) is 0 Å². The molecular weight excluding hydrogens is 296 g/mol. The van der Waals surface area contributed by atoms with Crippen LogP contribution in [0.1, 0.15) is 21.8 Å². The molecule has 0 unspecified atom stereocenters. The van der Waals surface area contributed by atoms with E-state index in [1.165, 1.54) is 10.6 Å². The number of amides is 1. The quantitative estimate of drug-likeness (QED) is 0.831. The molecule has 2 aromatic rings. The maximum absolute atomic E-state index is 12.5. The molecule has 1 amide bonds. The molecule has 23 heavy (non-hydrogen) atoms. The minimum atomic E-state index is -0.170. The monoisotopic (exact) mass is 316 g/mol. The molecule has 7 heteroatoms. The Balaban J connectivity index is 1.58. The number of aryl methyl sites for hydroxylation is 2. The van der Waals surface area contributed by atoms with E-state index >= 15 is 0 Å². The number of carbonyl (C=O) groups excluding carboxylic acids is 1. The Morgan fingerprint density at radius 2 is 2.00 bits per heavy atom. The van der Waals surface area contributed by atoms with Gasteiger partial charge in [0.15, 0.2) is 0 Å². The molecule has 0 saturated carbocycles. The topological polar surface area (TPSA) is 71.6 Å². The van der Waals surface area contributed by atoms with Gasteiger partial charge in [0.05, 0.1) is 5.69 Å². The molecule has 0 bridgehead atoms. The molecule has 1 saturated heterocycles. The normalized spacial score (nSPS) is 15.8. The highest BCUT2D eigenvalue weighted by Crippen LogP contribution is 2.11. The summed E-state index contributed by atoms with van der Waals surface area (Å²) in [5.74, 6) is 0.721. The van der Waals surface area contributed by atoms with Gasteiger partial charge in [-0.15, -0.1) is 0 Å². The first-order valence-corrected chi connectivity index (χ1v) is 7.63. The maximum atomic E-state index is 12.5. The van der Waals surface area contributed by atoms with Crippen LogP contribution in [0.5, 0.6) is 0 Å². The molecular formula is C16H20N4O3. The summed E-state index contributed by atoms with van der Waals surface area (Å²) in [7, 11) is 1.67. The van der Waals surface area contributed by atoms with Crippen molar-refractivity contribution >= 4 is 5.91 Å². The number of pyridine rings is 1. The lowest BCUT2D eigenvalue weighted by Crippen LogP contribution is -2.48. The Hall–Kier alpha value is -2.41. The Labute approximate surface area is 134 Å². The van der Waals surface area contributed by atoms with Crippen molar-refractivity contribution in [3.05, 3.63) is 51.8 Å². The van der Waals surface area contributed by atoms with Crippen molar-refractivity contribution in [1.82, 2.24) is 19.5 Å². The van der Waals surface area contributed by atoms with Gasteiger partial charge in [0, 0.05) is 63.7 Å². The fraction of sp³-hybridized carbons (Fsp3) is 0.438. The van der Waals surface area contributed by atoms with Gasteiger partial charge in [0.1, 0.15) is 5.76 Å². The molecule has 0 spiro atoms.